The average molecular weight is 322 g/mol. The summed E-state index contributed by atoms with van der Waals surface area (Å²) in [5.41, 5.74) is 11.1. The van der Waals surface area contributed by atoms with Crippen molar-refractivity contribution < 1.29 is 0 Å². The zero-order valence-electron chi connectivity index (χ0n) is 14.5. The van der Waals surface area contributed by atoms with Gasteiger partial charge in [0, 0.05) is 24.8 Å². The fourth-order valence-corrected chi connectivity index (χ4v) is 3.13. The normalized spacial score (nSPS) is 16.5. The third-order valence-corrected chi connectivity index (χ3v) is 4.72. The van der Waals surface area contributed by atoms with Crippen molar-refractivity contribution in [1.29, 1.82) is 0 Å². The van der Waals surface area contributed by atoms with Crippen LogP contribution in [0.1, 0.15) is 23.6 Å². The highest BCUT2D eigenvalue weighted by atomic mass is 15.2. The first kappa shape index (κ1) is 16.5. The molecule has 1 unspecified atom stereocenters. The SMILES string of the molecule is Cc1ccccc1NC(N)=NCC(C)N1CCc2ccccc2C1. The predicted molar refractivity (Wildman–Crippen MR) is 101 cm³/mol. The number of hydrogen-bond acceptors (Lipinski definition) is 2. The van der Waals surface area contributed by atoms with Crippen molar-refractivity contribution in [2.75, 3.05) is 18.4 Å². The van der Waals surface area contributed by atoms with Gasteiger partial charge in [-0.25, -0.2) is 0 Å². The minimum Gasteiger partial charge on any atom is -0.370 e. The van der Waals surface area contributed by atoms with Crippen LogP contribution in [0.3, 0.4) is 0 Å². The van der Waals surface area contributed by atoms with Crippen molar-refractivity contribution >= 4 is 11.6 Å². The van der Waals surface area contributed by atoms with Gasteiger partial charge in [0.05, 0.1) is 6.54 Å². The standard InChI is InChI=1S/C20H26N4/c1-15-7-3-6-10-19(15)23-20(21)22-13-16(2)24-12-11-17-8-4-5-9-18(17)14-24/h3-10,16H,11-14H2,1-2H3,(H3,21,22,23). The second-order valence-corrected chi connectivity index (χ2v) is 6.50. The zero-order valence-corrected chi connectivity index (χ0v) is 14.5. The molecular formula is C20H26N4. The molecule has 4 heteroatoms. The van der Waals surface area contributed by atoms with Crippen molar-refractivity contribution in [3.8, 4) is 0 Å². The molecule has 0 amide bonds. The van der Waals surface area contributed by atoms with Crippen LogP contribution in [0.2, 0.25) is 0 Å². The summed E-state index contributed by atoms with van der Waals surface area (Å²) in [6, 6.07) is 17.2. The number of para-hydroxylation sites is 1. The van der Waals surface area contributed by atoms with Crippen LogP contribution in [-0.4, -0.2) is 30.0 Å². The summed E-state index contributed by atoms with van der Waals surface area (Å²) in [5, 5.41) is 3.19. The first-order chi connectivity index (χ1) is 11.6. The fourth-order valence-electron chi connectivity index (χ4n) is 3.13. The van der Waals surface area contributed by atoms with E-state index in [1.807, 2.05) is 18.2 Å². The first-order valence-electron chi connectivity index (χ1n) is 8.57. The number of rotatable bonds is 4. The summed E-state index contributed by atoms with van der Waals surface area (Å²) < 4.78 is 0. The Morgan fingerprint density at radius 2 is 1.88 bits per heavy atom. The number of aliphatic imine (C=N–C) groups is 1. The molecule has 4 nitrogen and oxygen atoms in total. The second-order valence-electron chi connectivity index (χ2n) is 6.50. The maximum Gasteiger partial charge on any atom is 0.193 e. The van der Waals surface area contributed by atoms with Crippen LogP contribution in [0.4, 0.5) is 5.69 Å². The molecule has 0 aromatic heterocycles. The van der Waals surface area contributed by atoms with Gasteiger partial charge in [-0.2, -0.15) is 0 Å². The Balaban J connectivity index is 1.57. The molecule has 0 saturated heterocycles. The molecule has 126 valence electrons. The van der Waals surface area contributed by atoms with Crippen LogP contribution in [-0.2, 0) is 13.0 Å². The van der Waals surface area contributed by atoms with Crippen LogP contribution in [0.25, 0.3) is 0 Å². The highest BCUT2D eigenvalue weighted by molar-refractivity contribution is 5.92. The van der Waals surface area contributed by atoms with Gasteiger partial charge in [-0.05, 0) is 43.0 Å². The number of hydrogen-bond donors (Lipinski definition) is 2. The molecule has 2 aromatic carbocycles. The molecule has 1 aliphatic rings. The molecule has 0 radical (unpaired) electrons. The minimum absolute atomic E-state index is 0.371. The van der Waals surface area contributed by atoms with Crippen molar-refractivity contribution in [2.45, 2.75) is 32.9 Å². The van der Waals surface area contributed by atoms with Gasteiger partial charge >= 0.3 is 0 Å². The molecule has 1 atom stereocenters. The molecule has 1 heterocycles. The summed E-state index contributed by atoms with van der Waals surface area (Å²) in [6.45, 7) is 7.06. The highest BCUT2D eigenvalue weighted by Crippen LogP contribution is 2.20. The predicted octanol–water partition coefficient (Wildman–Crippen LogP) is 3.17. The molecule has 1 aliphatic heterocycles. The molecule has 0 spiro atoms. The number of nitrogens with zero attached hydrogens (tertiary/aromatic N) is 2. The van der Waals surface area contributed by atoms with E-state index in [4.69, 9.17) is 5.73 Å². The average Bonchev–Trinajstić information content (AvgIpc) is 2.61. The number of aryl methyl sites for hydroxylation is 1. The number of nitrogens with two attached hydrogens (primary N) is 1. The van der Waals surface area contributed by atoms with Crippen LogP contribution in [0.5, 0.6) is 0 Å². The van der Waals surface area contributed by atoms with E-state index in [9.17, 15) is 0 Å². The van der Waals surface area contributed by atoms with Gasteiger partial charge in [-0.1, -0.05) is 42.5 Å². The molecule has 2 aromatic rings. The van der Waals surface area contributed by atoms with Gasteiger partial charge < -0.3 is 11.1 Å². The zero-order chi connectivity index (χ0) is 16.9. The summed E-state index contributed by atoms with van der Waals surface area (Å²) in [6.07, 6.45) is 1.11. The van der Waals surface area contributed by atoms with E-state index in [0.717, 1.165) is 30.8 Å². The smallest absolute Gasteiger partial charge is 0.193 e. The molecule has 24 heavy (non-hydrogen) atoms. The number of nitrogens with one attached hydrogen (secondary N) is 1. The van der Waals surface area contributed by atoms with Gasteiger partial charge in [0.1, 0.15) is 0 Å². The highest BCUT2D eigenvalue weighted by Gasteiger charge is 2.20. The minimum atomic E-state index is 0.371. The van der Waals surface area contributed by atoms with E-state index in [2.05, 4.69) is 59.4 Å². The van der Waals surface area contributed by atoms with E-state index < -0.39 is 0 Å². The lowest BCUT2D eigenvalue weighted by Gasteiger charge is -2.33. The van der Waals surface area contributed by atoms with E-state index in [1.54, 1.807) is 0 Å². The Labute approximate surface area is 144 Å². The van der Waals surface area contributed by atoms with E-state index in [-0.39, 0.29) is 0 Å². The van der Waals surface area contributed by atoms with Crippen molar-refractivity contribution in [1.82, 2.24) is 4.90 Å². The van der Waals surface area contributed by atoms with Crippen molar-refractivity contribution in [3.63, 3.8) is 0 Å². The Bertz CT molecular complexity index is 723. The van der Waals surface area contributed by atoms with E-state index >= 15 is 0 Å². The van der Waals surface area contributed by atoms with Crippen LogP contribution in [0, 0.1) is 6.92 Å². The molecule has 0 saturated carbocycles. The largest absolute Gasteiger partial charge is 0.370 e. The fraction of sp³-hybridized carbons (Fsp3) is 0.350. The molecule has 0 bridgehead atoms. The van der Waals surface area contributed by atoms with Crippen molar-refractivity contribution in [2.24, 2.45) is 10.7 Å². The number of benzene rings is 2. The van der Waals surface area contributed by atoms with Crippen LogP contribution < -0.4 is 11.1 Å². The van der Waals surface area contributed by atoms with E-state index in [1.165, 1.54) is 11.1 Å². The number of guanidine groups is 1. The van der Waals surface area contributed by atoms with Crippen molar-refractivity contribution in [3.05, 3.63) is 65.2 Å². The quantitative estimate of drug-likeness (QED) is 0.671. The first-order valence-corrected chi connectivity index (χ1v) is 8.57. The summed E-state index contributed by atoms with van der Waals surface area (Å²) >= 11 is 0. The molecule has 0 fully saturated rings. The van der Waals surface area contributed by atoms with Gasteiger partial charge in [-0.3, -0.25) is 9.89 Å². The van der Waals surface area contributed by atoms with Crippen LogP contribution >= 0.6 is 0 Å². The Kier molecular flexibility index (Phi) is 5.16. The summed E-state index contributed by atoms with van der Waals surface area (Å²) in [5.74, 6) is 0.480. The molecular weight excluding hydrogens is 296 g/mol. The van der Waals surface area contributed by atoms with Gasteiger partial charge in [-0.15, -0.1) is 0 Å². The molecule has 3 rings (SSSR count). The maximum absolute atomic E-state index is 6.05. The van der Waals surface area contributed by atoms with Gasteiger partial charge in [0.15, 0.2) is 5.96 Å². The summed E-state index contributed by atoms with van der Waals surface area (Å²) in [4.78, 5) is 7.01. The monoisotopic (exact) mass is 322 g/mol. The maximum atomic E-state index is 6.05. The van der Waals surface area contributed by atoms with Crippen LogP contribution in [0.15, 0.2) is 53.5 Å². The lowest BCUT2D eigenvalue weighted by atomic mass is 9.99. The third-order valence-electron chi connectivity index (χ3n) is 4.72. The van der Waals surface area contributed by atoms with Gasteiger partial charge in [0.25, 0.3) is 0 Å². The Hall–Kier alpha value is -2.33. The topological polar surface area (TPSA) is 53.6 Å². The molecule has 0 aliphatic carbocycles. The lowest BCUT2D eigenvalue weighted by Crippen LogP contribution is -2.39. The lowest BCUT2D eigenvalue weighted by molar-refractivity contribution is 0.195. The van der Waals surface area contributed by atoms with E-state index in [0.29, 0.717) is 18.5 Å². The number of fused-ring (bicyclic) bond motifs is 1. The molecule has 3 N–H and O–H groups in total. The second kappa shape index (κ2) is 7.49. The summed E-state index contributed by atoms with van der Waals surface area (Å²) in [7, 11) is 0. The third kappa shape index (κ3) is 3.95. The Morgan fingerprint density at radius 1 is 1.17 bits per heavy atom. The number of anilines is 1. The Morgan fingerprint density at radius 3 is 2.67 bits per heavy atom. The van der Waals surface area contributed by atoms with Gasteiger partial charge in [0.2, 0.25) is 0 Å².